The fourth-order valence-electron chi connectivity index (χ4n) is 4.14. The van der Waals surface area contributed by atoms with Gasteiger partial charge in [-0.15, -0.1) is 0 Å². The van der Waals surface area contributed by atoms with Gasteiger partial charge in [0.15, 0.2) is 11.3 Å². The predicted molar refractivity (Wildman–Crippen MR) is 151 cm³/mol. The Hall–Kier alpha value is -5.39. The van der Waals surface area contributed by atoms with Gasteiger partial charge in [0, 0.05) is 39.4 Å². The minimum Gasteiger partial charge on any atom is -0.462 e. The fraction of sp³-hybridized carbons (Fsp3) is 0.200. The number of amides is 2. The molecule has 4 rings (SSSR count). The number of likely N-dealkylation sites (N-methyl/N-ethyl adjacent to an activating group) is 1. The van der Waals surface area contributed by atoms with Gasteiger partial charge in [0.05, 0.1) is 17.7 Å². The molecule has 216 valence electrons. The molecule has 0 aliphatic rings. The van der Waals surface area contributed by atoms with Crippen LogP contribution in [0, 0.1) is 5.82 Å². The van der Waals surface area contributed by atoms with Crippen molar-refractivity contribution >= 4 is 40.5 Å². The molecule has 11 nitrogen and oxygen atoms in total. The Morgan fingerprint density at radius 1 is 1.02 bits per heavy atom. The van der Waals surface area contributed by atoms with E-state index in [0.29, 0.717) is 11.1 Å². The first-order chi connectivity index (χ1) is 20.0. The largest absolute Gasteiger partial charge is 0.462 e. The number of halogens is 1. The monoisotopic (exact) mass is 574 g/mol. The molecular weight excluding hydrogens is 547 g/mol. The lowest BCUT2D eigenvalue weighted by Crippen LogP contribution is -2.34. The smallest absolute Gasteiger partial charge is 0.347 e. The van der Waals surface area contributed by atoms with Crippen molar-refractivity contribution in [1.29, 1.82) is 0 Å². The van der Waals surface area contributed by atoms with Crippen molar-refractivity contribution in [2.24, 2.45) is 7.05 Å². The number of fused-ring (bicyclic) bond motifs is 1. The molecule has 0 aliphatic heterocycles. The van der Waals surface area contributed by atoms with E-state index >= 15 is 0 Å². The molecule has 42 heavy (non-hydrogen) atoms. The van der Waals surface area contributed by atoms with E-state index in [4.69, 9.17) is 9.47 Å². The summed E-state index contributed by atoms with van der Waals surface area (Å²) < 4.78 is 25.9. The van der Waals surface area contributed by atoms with Gasteiger partial charge in [-0.3, -0.25) is 19.4 Å². The van der Waals surface area contributed by atoms with E-state index in [2.05, 4.69) is 10.3 Å². The van der Waals surface area contributed by atoms with E-state index in [0.717, 1.165) is 11.0 Å². The van der Waals surface area contributed by atoms with Crippen molar-refractivity contribution in [2.45, 2.75) is 13.3 Å². The number of pyridine rings is 2. The van der Waals surface area contributed by atoms with E-state index in [9.17, 15) is 28.4 Å². The first-order valence-electron chi connectivity index (χ1n) is 12.8. The summed E-state index contributed by atoms with van der Waals surface area (Å²) >= 11 is 0. The van der Waals surface area contributed by atoms with Crippen LogP contribution in [0.4, 0.5) is 10.1 Å². The first kappa shape index (κ1) is 29.6. The molecule has 0 unspecified atom stereocenters. The lowest BCUT2D eigenvalue weighted by atomic mass is 10.0. The minimum atomic E-state index is -0.972. The molecule has 2 heterocycles. The average Bonchev–Trinajstić information content (AvgIpc) is 2.97. The molecular formula is C30H27FN4O7. The Morgan fingerprint density at radius 3 is 2.40 bits per heavy atom. The molecule has 2 aromatic carbocycles. The molecule has 12 heteroatoms. The van der Waals surface area contributed by atoms with E-state index in [-0.39, 0.29) is 41.1 Å². The number of aromatic nitrogens is 2. The highest BCUT2D eigenvalue weighted by atomic mass is 19.1. The van der Waals surface area contributed by atoms with E-state index in [1.165, 1.54) is 56.2 Å². The maximum atomic E-state index is 14.1. The zero-order chi connectivity index (χ0) is 30.6. The number of nitrogens with one attached hydrogen (secondary N) is 1. The molecule has 0 atom stereocenters. The molecule has 0 bridgehead atoms. The minimum absolute atomic E-state index is 0.0187. The van der Waals surface area contributed by atoms with E-state index < -0.39 is 40.7 Å². The quantitative estimate of drug-likeness (QED) is 0.263. The SMILES string of the molecule is CCOC(=O)c1c(OC(=O)c2ccccc2)c2ncc(Cc3ccc(F)cc3NC(=O)C(=O)N(C)C)cc2n(C)c1=O. The van der Waals surface area contributed by atoms with Gasteiger partial charge in [-0.05, 0) is 48.4 Å². The summed E-state index contributed by atoms with van der Waals surface area (Å²) in [4.78, 5) is 69.0. The standard InChI is InChI=1S/C30H27FN4O7/c1-5-41-30(40)23-25(42-29(39)18-9-7-6-8-10-18)24-22(35(4)27(23)37)14-17(16-32-24)13-19-11-12-20(31)15-21(19)33-26(36)28(38)34(2)3/h6-12,14-16H,5,13H2,1-4H3,(H,33,36). The molecule has 4 aromatic rings. The molecule has 2 amide bonds. The van der Waals surface area contributed by atoms with Crippen LogP contribution in [-0.4, -0.2) is 58.9 Å². The number of anilines is 1. The van der Waals surface area contributed by atoms with Crippen LogP contribution in [0.2, 0.25) is 0 Å². The molecule has 1 N–H and O–H groups in total. The topological polar surface area (TPSA) is 137 Å². The number of rotatable bonds is 7. The molecule has 0 radical (unpaired) electrons. The van der Waals surface area contributed by atoms with Gasteiger partial charge in [0.1, 0.15) is 11.3 Å². The summed E-state index contributed by atoms with van der Waals surface area (Å²) in [7, 11) is 4.26. The Morgan fingerprint density at radius 2 is 1.74 bits per heavy atom. The van der Waals surface area contributed by atoms with Crippen LogP contribution >= 0.6 is 0 Å². The number of carbonyl (C=O) groups is 4. The van der Waals surface area contributed by atoms with Gasteiger partial charge in [0.25, 0.3) is 5.56 Å². The summed E-state index contributed by atoms with van der Waals surface area (Å²) in [5.41, 5.74) is 0.298. The number of esters is 2. The van der Waals surface area contributed by atoms with Crippen molar-refractivity contribution in [3.63, 3.8) is 0 Å². The van der Waals surface area contributed by atoms with Crippen molar-refractivity contribution in [3.8, 4) is 5.75 Å². The zero-order valence-corrected chi connectivity index (χ0v) is 23.3. The number of aryl methyl sites for hydroxylation is 1. The first-order valence-corrected chi connectivity index (χ1v) is 12.8. The average molecular weight is 575 g/mol. The molecule has 0 saturated carbocycles. The van der Waals surface area contributed by atoms with Crippen LogP contribution in [0.1, 0.15) is 38.8 Å². The highest BCUT2D eigenvalue weighted by molar-refractivity contribution is 6.39. The molecule has 2 aromatic heterocycles. The highest BCUT2D eigenvalue weighted by Gasteiger charge is 2.27. The number of hydrogen-bond donors (Lipinski definition) is 1. The summed E-state index contributed by atoms with van der Waals surface area (Å²) in [6.07, 6.45) is 1.55. The summed E-state index contributed by atoms with van der Waals surface area (Å²) in [5.74, 6) is -4.50. The summed E-state index contributed by atoms with van der Waals surface area (Å²) in [5, 5.41) is 2.43. The van der Waals surface area contributed by atoms with Crippen LogP contribution in [0.15, 0.2) is 65.6 Å². The van der Waals surface area contributed by atoms with Crippen LogP contribution in [-0.2, 0) is 27.8 Å². The van der Waals surface area contributed by atoms with Gasteiger partial charge in [-0.2, -0.15) is 0 Å². The molecule has 0 fully saturated rings. The van der Waals surface area contributed by atoms with Gasteiger partial charge >= 0.3 is 23.8 Å². The zero-order valence-electron chi connectivity index (χ0n) is 23.3. The van der Waals surface area contributed by atoms with Crippen LogP contribution in [0.5, 0.6) is 5.75 Å². The van der Waals surface area contributed by atoms with Gasteiger partial charge in [-0.25, -0.2) is 14.0 Å². The number of carbonyl (C=O) groups excluding carboxylic acids is 4. The van der Waals surface area contributed by atoms with Gasteiger partial charge < -0.3 is 24.3 Å². The maximum Gasteiger partial charge on any atom is 0.347 e. The normalized spacial score (nSPS) is 10.7. The second-order valence-electron chi connectivity index (χ2n) is 9.39. The van der Waals surface area contributed by atoms with Crippen molar-refractivity contribution in [2.75, 3.05) is 26.0 Å². The van der Waals surface area contributed by atoms with Gasteiger partial charge in [0.2, 0.25) is 0 Å². The van der Waals surface area contributed by atoms with Crippen molar-refractivity contribution in [3.05, 3.63) is 99.2 Å². The molecule has 0 aliphatic carbocycles. The molecule has 0 spiro atoms. The second kappa shape index (κ2) is 12.4. The maximum absolute atomic E-state index is 14.1. The second-order valence-corrected chi connectivity index (χ2v) is 9.39. The van der Waals surface area contributed by atoms with Crippen LogP contribution in [0.25, 0.3) is 11.0 Å². The number of benzene rings is 2. The third-order valence-electron chi connectivity index (χ3n) is 6.25. The number of nitrogens with zero attached hydrogens (tertiary/aromatic N) is 3. The Kier molecular flexibility index (Phi) is 8.75. The number of hydrogen-bond acceptors (Lipinski definition) is 8. The Labute approximate surface area is 239 Å². The summed E-state index contributed by atoms with van der Waals surface area (Å²) in [6, 6.07) is 13.4. The highest BCUT2D eigenvalue weighted by Crippen LogP contribution is 2.29. The fourth-order valence-corrected chi connectivity index (χ4v) is 4.14. The Balaban J connectivity index is 1.80. The van der Waals surface area contributed by atoms with E-state index in [1.807, 2.05) is 0 Å². The third-order valence-corrected chi connectivity index (χ3v) is 6.25. The third kappa shape index (κ3) is 6.17. The molecule has 0 saturated heterocycles. The van der Waals surface area contributed by atoms with E-state index in [1.54, 1.807) is 31.2 Å². The predicted octanol–water partition coefficient (Wildman–Crippen LogP) is 3.09. The van der Waals surface area contributed by atoms with Crippen LogP contribution in [0.3, 0.4) is 0 Å². The lowest BCUT2D eigenvalue weighted by Gasteiger charge is -2.16. The van der Waals surface area contributed by atoms with Gasteiger partial charge in [-0.1, -0.05) is 24.3 Å². The van der Waals surface area contributed by atoms with Crippen molar-refractivity contribution in [1.82, 2.24) is 14.5 Å². The van der Waals surface area contributed by atoms with Crippen LogP contribution < -0.4 is 15.6 Å². The lowest BCUT2D eigenvalue weighted by molar-refractivity contribution is -0.141. The Bertz CT molecular complexity index is 1770. The van der Waals surface area contributed by atoms with Crippen molar-refractivity contribution < 1.29 is 33.0 Å². The number of ether oxygens (including phenoxy) is 2. The summed E-state index contributed by atoms with van der Waals surface area (Å²) in [6.45, 7) is 1.56.